The van der Waals surface area contributed by atoms with Crippen molar-refractivity contribution in [2.45, 2.75) is 19.4 Å². The van der Waals surface area contributed by atoms with Crippen LogP contribution in [0.3, 0.4) is 0 Å². The minimum absolute atomic E-state index is 0.0247. The molecule has 0 aliphatic rings. The molecular formula is C12H18N6O4. The maximum absolute atomic E-state index is 11.5. The number of hydrogen-bond donors (Lipinski definition) is 4. The van der Waals surface area contributed by atoms with Crippen molar-refractivity contribution < 1.29 is 14.5 Å². The second kappa shape index (κ2) is 8.42. The van der Waals surface area contributed by atoms with Crippen LogP contribution in [0.2, 0.25) is 0 Å². The Hall–Kier alpha value is -2.88. The van der Waals surface area contributed by atoms with E-state index in [4.69, 9.17) is 16.4 Å². The number of benzene rings is 1. The molecule has 0 bridgehead atoms. The largest absolute Gasteiger partial charge is 0.450 e. The van der Waals surface area contributed by atoms with E-state index in [9.17, 15) is 14.9 Å². The molecule has 0 saturated heterocycles. The normalized spacial score (nSPS) is 12.4. The van der Waals surface area contributed by atoms with E-state index in [0.717, 1.165) is 5.56 Å². The zero-order chi connectivity index (χ0) is 16.5. The van der Waals surface area contributed by atoms with Crippen LogP contribution >= 0.6 is 0 Å². The number of amides is 1. The molecule has 0 heterocycles. The van der Waals surface area contributed by atoms with Crippen LogP contribution in [0.4, 0.5) is 10.5 Å². The van der Waals surface area contributed by atoms with E-state index >= 15 is 0 Å². The van der Waals surface area contributed by atoms with Gasteiger partial charge in [0, 0.05) is 18.6 Å². The first-order valence-corrected chi connectivity index (χ1v) is 6.42. The molecular weight excluding hydrogens is 292 g/mol. The lowest BCUT2D eigenvalue weighted by atomic mass is 10.0. The molecule has 0 aliphatic carbocycles. The number of nitrogens with one attached hydrogen (secondary N) is 2. The fourth-order valence-corrected chi connectivity index (χ4v) is 1.75. The Kier molecular flexibility index (Phi) is 6.57. The number of non-ortho nitro benzene ring substituents is 1. The molecule has 1 aromatic carbocycles. The Bertz CT molecular complexity index is 545. The summed E-state index contributed by atoms with van der Waals surface area (Å²) in [4.78, 5) is 21.7. The number of amidine groups is 1. The third kappa shape index (κ3) is 4.90. The molecule has 0 fully saturated rings. The summed E-state index contributed by atoms with van der Waals surface area (Å²) in [7, 11) is 0. The lowest BCUT2D eigenvalue weighted by molar-refractivity contribution is -0.384. The van der Waals surface area contributed by atoms with Crippen molar-refractivity contribution in [3.8, 4) is 0 Å². The molecule has 120 valence electrons. The van der Waals surface area contributed by atoms with Crippen molar-refractivity contribution in [2.24, 2.45) is 16.8 Å². The van der Waals surface area contributed by atoms with Crippen LogP contribution in [0.15, 0.2) is 29.4 Å². The number of carbonyl (C=O) groups excluding carboxylic acids is 1. The standard InChI is InChI=1S/C12H18N6O4/c1-2-22-12(19)15-10(11(16-13)17-14)7-8-3-5-9(6-4-8)18(20)21/h3-6,10H,2,7,13-14H2,1H3,(H,15,19)(H,16,17). The SMILES string of the molecule is CCOC(=O)NC(Cc1ccc([N+](=O)[O-])cc1)/C(=N/N)NN. The summed E-state index contributed by atoms with van der Waals surface area (Å²) >= 11 is 0. The number of nitro groups is 1. The first-order valence-electron chi connectivity index (χ1n) is 6.42. The van der Waals surface area contributed by atoms with Gasteiger partial charge in [-0.2, -0.15) is 5.10 Å². The maximum atomic E-state index is 11.5. The molecule has 22 heavy (non-hydrogen) atoms. The van der Waals surface area contributed by atoms with Gasteiger partial charge in [-0.1, -0.05) is 12.1 Å². The predicted octanol–water partition coefficient (Wildman–Crippen LogP) is -0.0125. The third-order valence-electron chi connectivity index (χ3n) is 2.77. The Morgan fingerprint density at radius 1 is 1.45 bits per heavy atom. The molecule has 1 amide bonds. The van der Waals surface area contributed by atoms with Crippen LogP contribution in [0.1, 0.15) is 12.5 Å². The second-order valence-electron chi connectivity index (χ2n) is 4.20. The number of nitro benzene ring substituents is 1. The van der Waals surface area contributed by atoms with Gasteiger partial charge in [-0.3, -0.25) is 10.1 Å². The number of ether oxygens (including phenoxy) is 1. The van der Waals surface area contributed by atoms with E-state index in [1.54, 1.807) is 19.1 Å². The molecule has 1 aromatic rings. The summed E-state index contributed by atoms with van der Waals surface area (Å²) in [6.07, 6.45) is -0.373. The number of rotatable bonds is 6. The van der Waals surface area contributed by atoms with Gasteiger partial charge >= 0.3 is 6.09 Å². The lowest BCUT2D eigenvalue weighted by Crippen LogP contribution is -2.50. The van der Waals surface area contributed by atoms with Crippen molar-refractivity contribution in [3.63, 3.8) is 0 Å². The highest BCUT2D eigenvalue weighted by Crippen LogP contribution is 2.13. The molecule has 0 saturated carbocycles. The molecule has 0 aliphatic heterocycles. The monoisotopic (exact) mass is 310 g/mol. The summed E-state index contributed by atoms with van der Waals surface area (Å²) in [5.74, 6) is 10.7. The van der Waals surface area contributed by atoms with E-state index in [1.807, 2.05) is 0 Å². The summed E-state index contributed by atoms with van der Waals surface area (Å²) < 4.78 is 4.80. The van der Waals surface area contributed by atoms with Crippen LogP contribution in [0.25, 0.3) is 0 Å². The van der Waals surface area contributed by atoms with Gasteiger partial charge in [0.1, 0.15) is 0 Å². The Labute approximate surface area is 126 Å². The van der Waals surface area contributed by atoms with Crippen LogP contribution in [0, 0.1) is 10.1 Å². The second-order valence-corrected chi connectivity index (χ2v) is 4.20. The average molecular weight is 310 g/mol. The van der Waals surface area contributed by atoms with Gasteiger partial charge in [-0.15, -0.1) is 0 Å². The highest BCUT2D eigenvalue weighted by atomic mass is 16.6. The fraction of sp³-hybridized carbons (Fsp3) is 0.333. The lowest BCUT2D eigenvalue weighted by Gasteiger charge is -2.19. The molecule has 1 atom stereocenters. The van der Waals surface area contributed by atoms with Crippen LogP contribution < -0.4 is 22.4 Å². The quantitative estimate of drug-likeness (QED) is 0.189. The summed E-state index contributed by atoms with van der Waals surface area (Å²) in [6, 6.07) is 5.22. The number of hydrazone groups is 1. The number of hydrogen-bond acceptors (Lipinski definition) is 7. The van der Waals surface area contributed by atoms with E-state index in [-0.39, 0.29) is 24.6 Å². The average Bonchev–Trinajstić information content (AvgIpc) is 2.49. The van der Waals surface area contributed by atoms with Crippen molar-refractivity contribution in [1.29, 1.82) is 0 Å². The van der Waals surface area contributed by atoms with Crippen molar-refractivity contribution in [2.75, 3.05) is 6.61 Å². The van der Waals surface area contributed by atoms with E-state index in [2.05, 4.69) is 15.8 Å². The minimum atomic E-state index is -0.657. The van der Waals surface area contributed by atoms with E-state index in [0.29, 0.717) is 0 Å². The first-order chi connectivity index (χ1) is 10.5. The number of alkyl carbamates (subject to hydrolysis) is 1. The van der Waals surface area contributed by atoms with Gasteiger partial charge < -0.3 is 21.3 Å². The number of carbonyl (C=O) groups is 1. The van der Waals surface area contributed by atoms with Gasteiger partial charge in [-0.25, -0.2) is 10.6 Å². The highest BCUT2D eigenvalue weighted by molar-refractivity contribution is 5.89. The Morgan fingerprint density at radius 2 is 2.09 bits per heavy atom. The molecule has 10 heteroatoms. The first kappa shape index (κ1) is 17.2. The summed E-state index contributed by atoms with van der Waals surface area (Å²) in [5.41, 5.74) is 3.00. The van der Waals surface area contributed by atoms with Crippen molar-refractivity contribution >= 4 is 17.6 Å². The van der Waals surface area contributed by atoms with Gasteiger partial charge in [0.25, 0.3) is 5.69 Å². The van der Waals surface area contributed by atoms with Gasteiger partial charge in [0.05, 0.1) is 17.6 Å². The van der Waals surface area contributed by atoms with Gasteiger partial charge in [0.2, 0.25) is 0 Å². The van der Waals surface area contributed by atoms with Crippen LogP contribution in [-0.2, 0) is 11.2 Å². The molecule has 6 N–H and O–H groups in total. The third-order valence-corrected chi connectivity index (χ3v) is 2.77. The van der Waals surface area contributed by atoms with Gasteiger partial charge in [0.15, 0.2) is 5.84 Å². The number of nitrogens with two attached hydrogens (primary N) is 2. The number of hydrazine groups is 1. The summed E-state index contributed by atoms with van der Waals surface area (Å²) in [6.45, 7) is 1.88. The molecule has 0 aromatic heterocycles. The zero-order valence-electron chi connectivity index (χ0n) is 12.0. The topological polar surface area (TPSA) is 158 Å². The molecule has 0 radical (unpaired) electrons. The van der Waals surface area contributed by atoms with E-state index in [1.165, 1.54) is 12.1 Å². The molecule has 0 spiro atoms. The smallest absolute Gasteiger partial charge is 0.407 e. The van der Waals surface area contributed by atoms with Crippen molar-refractivity contribution in [1.82, 2.24) is 10.7 Å². The van der Waals surface area contributed by atoms with E-state index < -0.39 is 17.1 Å². The maximum Gasteiger partial charge on any atom is 0.407 e. The van der Waals surface area contributed by atoms with Crippen LogP contribution in [0.5, 0.6) is 0 Å². The highest BCUT2D eigenvalue weighted by Gasteiger charge is 2.20. The predicted molar refractivity (Wildman–Crippen MR) is 79.7 cm³/mol. The molecule has 1 unspecified atom stereocenters. The Morgan fingerprint density at radius 3 is 2.55 bits per heavy atom. The molecule has 1 rings (SSSR count). The Balaban J connectivity index is 2.87. The van der Waals surface area contributed by atoms with Gasteiger partial charge in [-0.05, 0) is 12.5 Å². The fourth-order valence-electron chi connectivity index (χ4n) is 1.75. The molecule has 10 nitrogen and oxygen atoms in total. The van der Waals surface area contributed by atoms with Crippen LogP contribution in [-0.4, -0.2) is 29.5 Å². The van der Waals surface area contributed by atoms with Crippen molar-refractivity contribution in [3.05, 3.63) is 39.9 Å². The number of nitrogens with zero attached hydrogens (tertiary/aromatic N) is 2. The minimum Gasteiger partial charge on any atom is -0.450 e. The zero-order valence-corrected chi connectivity index (χ0v) is 12.0. The summed E-state index contributed by atoms with van der Waals surface area (Å²) in [5, 5.41) is 16.6.